The van der Waals surface area contributed by atoms with Crippen LogP contribution in [0.3, 0.4) is 0 Å². The second-order valence-electron chi connectivity index (χ2n) is 5.98. The van der Waals surface area contributed by atoms with Gasteiger partial charge in [0, 0.05) is 17.9 Å². The molecule has 0 saturated heterocycles. The monoisotopic (exact) mass is 400 g/mol. The molecule has 0 saturated carbocycles. The first kappa shape index (κ1) is 31.4. The van der Waals surface area contributed by atoms with Gasteiger partial charge in [0.2, 0.25) is 0 Å². The van der Waals surface area contributed by atoms with Crippen LogP contribution in [0.1, 0.15) is 77.6 Å². The van der Waals surface area contributed by atoms with Gasteiger partial charge in [-0.25, -0.2) is 0 Å². The summed E-state index contributed by atoms with van der Waals surface area (Å²) in [6.07, 6.45) is 13.7. The Kier molecular flexibility index (Phi) is 27.6. The Morgan fingerprint density at radius 2 is 1.48 bits per heavy atom. The Morgan fingerprint density at radius 1 is 0.960 bits per heavy atom. The number of hydrogen-bond acceptors (Lipinski definition) is 4. The molecule has 132 valence electrons. The van der Waals surface area contributed by atoms with E-state index in [1.165, 1.54) is 38.5 Å². The second kappa shape index (κ2) is 22.0. The molecule has 0 aromatic rings. The summed E-state index contributed by atoms with van der Waals surface area (Å²) >= 11 is 0. The summed E-state index contributed by atoms with van der Waals surface area (Å²) in [6.45, 7) is 5.80. The van der Waals surface area contributed by atoms with Crippen molar-refractivity contribution in [3.8, 4) is 0 Å². The number of hydrogen-bond donors (Lipinski definition) is 0. The van der Waals surface area contributed by atoms with E-state index in [1.54, 1.807) is 6.08 Å². The molecule has 0 radical (unpaired) electrons. The van der Waals surface area contributed by atoms with Gasteiger partial charge in [0.1, 0.15) is 0 Å². The number of carboxylic acids is 2. The first-order valence-electron chi connectivity index (χ1n) is 8.73. The van der Waals surface area contributed by atoms with Crippen LogP contribution in [0, 0.1) is 5.92 Å². The van der Waals surface area contributed by atoms with Crippen LogP contribution in [-0.4, -0.2) is 11.9 Å². The molecular formula is C19H30K2O4. The molecule has 0 N–H and O–H groups in total. The molecule has 0 spiro atoms. The third-order valence-corrected chi connectivity index (χ3v) is 3.95. The summed E-state index contributed by atoms with van der Waals surface area (Å²) < 4.78 is 0. The maximum Gasteiger partial charge on any atom is 1.00 e. The van der Waals surface area contributed by atoms with E-state index in [0.29, 0.717) is 12.0 Å². The Hall–Kier alpha value is 1.69. The zero-order valence-electron chi connectivity index (χ0n) is 16.4. The van der Waals surface area contributed by atoms with Crippen molar-refractivity contribution in [2.24, 2.45) is 5.92 Å². The second-order valence-corrected chi connectivity index (χ2v) is 5.98. The van der Waals surface area contributed by atoms with Crippen molar-refractivity contribution in [2.75, 3.05) is 0 Å². The minimum Gasteiger partial charge on any atom is -0.550 e. The minimum absolute atomic E-state index is 0. The first-order chi connectivity index (χ1) is 11.0. The number of rotatable bonds is 15. The normalized spacial score (nSPS) is 11.8. The fourth-order valence-corrected chi connectivity index (χ4v) is 2.63. The van der Waals surface area contributed by atoms with Crippen LogP contribution in [-0.2, 0) is 9.59 Å². The average molecular weight is 401 g/mol. The molecule has 4 nitrogen and oxygen atoms in total. The molecule has 0 aromatic carbocycles. The van der Waals surface area contributed by atoms with E-state index in [1.807, 2.05) is 6.08 Å². The molecule has 0 bridgehead atoms. The summed E-state index contributed by atoms with van der Waals surface area (Å²) in [5.74, 6) is -3.86. The third kappa shape index (κ3) is 18.8. The van der Waals surface area contributed by atoms with Crippen LogP contribution in [0.15, 0.2) is 24.3 Å². The average Bonchev–Trinajstić information content (AvgIpc) is 2.49. The van der Waals surface area contributed by atoms with Crippen LogP contribution in [0.25, 0.3) is 0 Å². The quantitative estimate of drug-likeness (QED) is 0.163. The molecule has 6 heteroatoms. The predicted molar refractivity (Wildman–Crippen MR) is 88.2 cm³/mol. The van der Waals surface area contributed by atoms with Gasteiger partial charge < -0.3 is 19.8 Å². The summed E-state index contributed by atoms with van der Waals surface area (Å²) in [5, 5.41) is 21.8. The molecular weight excluding hydrogens is 370 g/mol. The van der Waals surface area contributed by atoms with Crippen molar-refractivity contribution >= 4 is 11.9 Å². The van der Waals surface area contributed by atoms with E-state index in [4.69, 9.17) is 0 Å². The van der Waals surface area contributed by atoms with E-state index in [9.17, 15) is 19.8 Å². The van der Waals surface area contributed by atoms with Crippen LogP contribution < -0.4 is 113 Å². The largest absolute Gasteiger partial charge is 1.00 e. The first-order valence-corrected chi connectivity index (χ1v) is 8.73. The van der Waals surface area contributed by atoms with Gasteiger partial charge in [-0.15, -0.1) is 6.58 Å². The van der Waals surface area contributed by atoms with Gasteiger partial charge in [-0.1, -0.05) is 69.6 Å². The van der Waals surface area contributed by atoms with Crippen LogP contribution in [0.5, 0.6) is 0 Å². The molecule has 25 heavy (non-hydrogen) atoms. The number of carboxylic acid groups (broad SMARTS) is 2. The van der Waals surface area contributed by atoms with E-state index in [0.717, 1.165) is 19.3 Å². The maximum atomic E-state index is 11.1. The van der Waals surface area contributed by atoms with Gasteiger partial charge in [-0.2, -0.15) is 0 Å². The Labute approximate surface area is 238 Å². The molecule has 0 aliphatic heterocycles. The van der Waals surface area contributed by atoms with Gasteiger partial charge in [0.25, 0.3) is 0 Å². The fraction of sp³-hybridized carbons (Fsp3) is 0.684. The van der Waals surface area contributed by atoms with Gasteiger partial charge in [-0.05, 0) is 25.7 Å². The van der Waals surface area contributed by atoms with Crippen molar-refractivity contribution in [3.05, 3.63) is 24.3 Å². The van der Waals surface area contributed by atoms with Crippen molar-refractivity contribution in [1.82, 2.24) is 0 Å². The van der Waals surface area contributed by atoms with Gasteiger partial charge >= 0.3 is 103 Å². The minimum atomic E-state index is -1.37. The van der Waals surface area contributed by atoms with Crippen LogP contribution >= 0.6 is 0 Å². The van der Waals surface area contributed by atoms with E-state index < -0.39 is 24.3 Å². The number of allylic oxidation sites excluding steroid dienone is 2. The molecule has 0 rings (SSSR count). The predicted octanol–water partition coefficient (Wildman–Crippen LogP) is -3.47. The summed E-state index contributed by atoms with van der Waals surface area (Å²) in [7, 11) is 0. The van der Waals surface area contributed by atoms with Gasteiger partial charge in [-0.3, -0.25) is 0 Å². The van der Waals surface area contributed by atoms with E-state index in [-0.39, 0.29) is 103 Å². The molecule has 0 aromatic heterocycles. The molecule has 0 aliphatic rings. The Balaban J connectivity index is -0.00000242. The summed E-state index contributed by atoms with van der Waals surface area (Å²) in [5.41, 5.74) is 0.562. The van der Waals surface area contributed by atoms with Crippen LogP contribution in [0.2, 0.25) is 0 Å². The van der Waals surface area contributed by atoms with Crippen molar-refractivity contribution in [3.63, 3.8) is 0 Å². The smallest absolute Gasteiger partial charge is 0.550 e. The van der Waals surface area contributed by atoms with Crippen molar-refractivity contribution < 1.29 is 123 Å². The molecule has 1 atom stereocenters. The van der Waals surface area contributed by atoms with E-state index in [2.05, 4.69) is 13.5 Å². The zero-order valence-corrected chi connectivity index (χ0v) is 22.6. The number of unbranched alkanes of at least 4 members (excludes halogenated alkanes) is 8. The summed E-state index contributed by atoms with van der Waals surface area (Å²) in [4.78, 5) is 21.8. The van der Waals surface area contributed by atoms with E-state index >= 15 is 0 Å². The zero-order chi connectivity index (χ0) is 17.5. The molecule has 1 unspecified atom stereocenters. The molecule has 0 heterocycles. The van der Waals surface area contributed by atoms with Crippen molar-refractivity contribution in [1.29, 1.82) is 0 Å². The Morgan fingerprint density at radius 3 is 1.92 bits per heavy atom. The fourth-order valence-electron chi connectivity index (χ4n) is 2.63. The van der Waals surface area contributed by atoms with Gasteiger partial charge in [0.15, 0.2) is 0 Å². The topological polar surface area (TPSA) is 80.3 Å². The van der Waals surface area contributed by atoms with Crippen LogP contribution in [0.4, 0.5) is 0 Å². The third-order valence-electron chi connectivity index (χ3n) is 3.95. The SMILES string of the molecule is C=CCC(=CCCCCCCCCCC)C(CC(=O)[O-])C(=O)[O-].[K+].[K+]. The molecule has 0 fully saturated rings. The maximum absolute atomic E-state index is 11.1. The molecule has 0 aliphatic carbocycles. The summed E-state index contributed by atoms with van der Waals surface area (Å²) in [6, 6.07) is 0. The molecule has 0 amide bonds. The van der Waals surface area contributed by atoms with Gasteiger partial charge in [0.05, 0.1) is 0 Å². The number of aliphatic carboxylic acids is 2. The van der Waals surface area contributed by atoms with Crippen molar-refractivity contribution in [2.45, 2.75) is 77.6 Å². The Bertz CT molecular complexity index is 395. The number of carbonyl (C=O) groups is 2. The number of carbonyl (C=O) groups excluding carboxylic acids is 2. The standard InChI is InChI=1S/C19H32O4.2K/c1-3-5-6-7-8-9-10-11-12-14-16(13-4-2)17(19(22)23)15-18(20)21;;/h4,14,17H,2-3,5-13,15H2,1H3,(H,20,21)(H,22,23);;/q;2*+1/p-2.